The molecule has 2 N–H and O–H groups in total. The number of aliphatic hydroxyl groups is 1. The van der Waals surface area contributed by atoms with Gasteiger partial charge in [0.15, 0.2) is 11.5 Å². The Hall–Kier alpha value is -2.22. The van der Waals surface area contributed by atoms with Crippen molar-refractivity contribution in [2.45, 2.75) is 12.6 Å². The molecule has 0 spiro atoms. The summed E-state index contributed by atoms with van der Waals surface area (Å²) in [7, 11) is 2.90. The molecule has 0 aliphatic heterocycles. The molecule has 0 atom stereocenters. The number of rotatable bonds is 7. The number of nitrogens with one attached hydrogen (secondary N) is 1. The zero-order chi connectivity index (χ0) is 17.5. The molecule has 1 aromatic carbocycles. The molecule has 0 fully saturated rings. The summed E-state index contributed by atoms with van der Waals surface area (Å²) in [5.74, 6) is -1.11. The molecule has 0 saturated carbocycles. The Morgan fingerprint density at radius 2 is 1.87 bits per heavy atom. The van der Waals surface area contributed by atoms with Gasteiger partial charge in [0.05, 0.1) is 20.8 Å². The Kier molecular flexibility index (Phi) is 6.89. The Labute approximate surface area is 131 Å². The highest BCUT2D eigenvalue weighted by molar-refractivity contribution is 5.81. The van der Waals surface area contributed by atoms with Gasteiger partial charge in [-0.15, -0.1) is 0 Å². The van der Waals surface area contributed by atoms with E-state index in [4.69, 9.17) is 14.6 Å². The van der Waals surface area contributed by atoms with Crippen LogP contribution in [0.15, 0.2) is 18.2 Å². The van der Waals surface area contributed by atoms with Gasteiger partial charge in [-0.3, -0.25) is 4.79 Å². The first-order valence-electron chi connectivity index (χ1n) is 6.70. The predicted molar refractivity (Wildman–Crippen MR) is 78.4 cm³/mol. The number of carbonyl (C=O) groups is 1. The lowest BCUT2D eigenvalue weighted by molar-refractivity contribution is -0.173. The minimum Gasteiger partial charge on any atom is -0.493 e. The van der Waals surface area contributed by atoms with E-state index in [1.165, 1.54) is 20.3 Å². The standard InChI is InChI=1S/C15H18F3NO4/c1-22-12-8-10(4-3-7-20)11(9-13(12)23-2)5-6-19-14(21)15(16,17)18/h3-4,8-9,20H,5-7H2,1-2H3,(H,19,21)/b4-3+. The largest absolute Gasteiger partial charge is 0.493 e. The lowest BCUT2D eigenvalue weighted by Crippen LogP contribution is -2.37. The van der Waals surface area contributed by atoms with Crippen LogP contribution in [-0.4, -0.2) is 44.6 Å². The van der Waals surface area contributed by atoms with Crippen molar-refractivity contribution in [3.05, 3.63) is 29.3 Å². The summed E-state index contributed by atoms with van der Waals surface area (Å²) in [6.45, 7) is -0.369. The SMILES string of the molecule is COc1cc(/C=C/CO)c(CCNC(=O)C(F)(F)F)cc1OC. The van der Waals surface area contributed by atoms with Crippen molar-refractivity contribution in [2.24, 2.45) is 0 Å². The quantitative estimate of drug-likeness (QED) is 0.800. The van der Waals surface area contributed by atoms with Gasteiger partial charge in [-0.05, 0) is 29.7 Å². The number of benzene rings is 1. The van der Waals surface area contributed by atoms with Crippen molar-refractivity contribution in [1.82, 2.24) is 5.32 Å². The molecular formula is C15H18F3NO4. The van der Waals surface area contributed by atoms with E-state index in [0.29, 0.717) is 22.6 Å². The third-order valence-corrected chi connectivity index (χ3v) is 2.99. The first kappa shape index (κ1) is 18.8. The predicted octanol–water partition coefficient (Wildman–Crippen LogP) is 1.93. The average Bonchev–Trinajstić information content (AvgIpc) is 2.51. The summed E-state index contributed by atoms with van der Waals surface area (Å²) in [5.41, 5.74) is 1.30. The van der Waals surface area contributed by atoms with Crippen molar-refractivity contribution < 1.29 is 32.5 Å². The van der Waals surface area contributed by atoms with E-state index < -0.39 is 12.1 Å². The third-order valence-electron chi connectivity index (χ3n) is 2.99. The molecule has 0 aliphatic rings. The molecule has 0 radical (unpaired) electrons. The monoisotopic (exact) mass is 333 g/mol. The topological polar surface area (TPSA) is 67.8 Å². The van der Waals surface area contributed by atoms with E-state index in [-0.39, 0.29) is 19.6 Å². The summed E-state index contributed by atoms with van der Waals surface area (Å²) in [4.78, 5) is 10.8. The Morgan fingerprint density at radius 1 is 1.26 bits per heavy atom. The molecule has 5 nitrogen and oxygen atoms in total. The second-order valence-electron chi connectivity index (χ2n) is 4.49. The highest BCUT2D eigenvalue weighted by Gasteiger charge is 2.38. The van der Waals surface area contributed by atoms with E-state index in [1.807, 2.05) is 5.32 Å². The van der Waals surface area contributed by atoms with E-state index >= 15 is 0 Å². The van der Waals surface area contributed by atoms with Crippen molar-refractivity contribution >= 4 is 12.0 Å². The number of aliphatic hydroxyl groups excluding tert-OH is 1. The van der Waals surface area contributed by atoms with Crippen LogP contribution in [0, 0.1) is 0 Å². The maximum Gasteiger partial charge on any atom is 0.471 e. The summed E-state index contributed by atoms with van der Waals surface area (Å²) in [6.07, 6.45) is -1.65. The zero-order valence-corrected chi connectivity index (χ0v) is 12.7. The van der Waals surface area contributed by atoms with Gasteiger partial charge in [0.25, 0.3) is 0 Å². The van der Waals surface area contributed by atoms with Crippen LogP contribution in [0.4, 0.5) is 13.2 Å². The molecule has 1 amide bonds. The minimum absolute atomic E-state index is 0.160. The number of amides is 1. The van der Waals surface area contributed by atoms with Crippen LogP contribution in [0.3, 0.4) is 0 Å². The molecule has 1 rings (SSSR count). The second-order valence-corrected chi connectivity index (χ2v) is 4.49. The molecule has 0 aromatic heterocycles. The first-order chi connectivity index (χ1) is 10.8. The van der Waals surface area contributed by atoms with Crippen LogP contribution in [0.1, 0.15) is 11.1 Å². The van der Waals surface area contributed by atoms with E-state index in [9.17, 15) is 18.0 Å². The van der Waals surface area contributed by atoms with Crippen LogP contribution in [-0.2, 0) is 11.2 Å². The normalized spacial score (nSPS) is 11.6. The summed E-state index contributed by atoms with van der Waals surface area (Å²) >= 11 is 0. The molecule has 0 bridgehead atoms. The highest BCUT2D eigenvalue weighted by Crippen LogP contribution is 2.31. The summed E-state index contributed by atoms with van der Waals surface area (Å²) in [5, 5.41) is 10.7. The fraction of sp³-hybridized carbons (Fsp3) is 0.400. The first-order valence-corrected chi connectivity index (χ1v) is 6.70. The Morgan fingerprint density at radius 3 is 2.39 bits per heavy atom. The highest BCUT2D eigenvalue weighted by atomic mass is 19.4. The molecule has 0 unspecified atom stereocenters. The Balaban J connectivity index is 2.94. The van der Waals surface area contributed by atoms with Gasteiger partial charge in [-0.25, -0.2) is 0 Å². The van der Waals surface area contributed by atoms with Gasteiger partial charge in [-0.2, -0.15) is 13.2 Å². The van der Waals surface area contributed by atoms with Crippen molar-refractivity contribution in [3.8, 4) is 11.5 Å². The zero-order valence-electron chi connectivity index (χ0n) is 12.7. The Bertz CT molecular complexity index is 571. The number of alkyl halides is 3. The van der Waals surface area contributed by atoms with E-state index in [0.717, 1.165) is 0 Å². The fourth-order valence-corrected chi connectivity index (χ4v) is 1.90. The van der Waals surface area contributed by atoms with Crippen LogP contribution in [0.25, 0.3) is 6.08 Å². The smallest absolute Gasteiger partial charge is 0.471 e. The molecule has 0 aliphatic carbocycles. The van der Waals surface area contributed by atoms with Gasteiger partial charge in [0.1, 0.15) is 0 Å². The third kappa shape index (κ3) is 5.48. The van der Waals surface area contributed by atoms with Gasteiger partial charge in [-0.1, -0.05) is 12.2 Å². The summed E-state index contributed by atoms with van der Waals surface area (Å²) in [6, 6.07) is 3.27. The minimum atomic E-state index is -4.91. The number of hydrogen-bond acceptors (Lipinski definition) is 4. The summed E-state index contributed by atoms with van der Waals surface area (Å²) < 4.78 is 46.8. The van der Waals surface area contributed by atoms with Crippen LogP contribution >= 0.6 is 0 Å². The molecule has 8 heteroatoms. The van der Waals surface area contributed by atoms with E-state index in [1.54, 1.807) is 18.2 Å². The second kappa shape index (κ2) is 8.42. The lowest BCUT2D eigenvalue weighted by atomic mass is 10.0. The van der Waals surface area contributed by atoms with Crippen LogP contribution < -0.4 is 14.8 Å². The molecule has 23 heavy (non-hydrogen) atoms. The molecule has 128 valence electrons. The van der Waals surface area contributed by atoms with Gasteiger partial charge in [0.2, 0.25) is 0 Å². The van der Waals surface area contributed by atoms with Gasteiger partial charge < -0.3 is 19.9 Å². The maximum atomic E-state index is 12.2. The lowest BCUT2D eigenvalue weighted by Gasteiger charge is -2.14. The van der Waals surface area contributed by atoms with Crippen molar-refractivity contribution in [1.29, 1.82) is 0 Å². The number of halogens is 3. The number of methoxy groups -OCH3 is 2. The van der Waals surface area contributed by atoms with Crippen LogP contribution in [0.5, 0.6) is 11.5 Å². The number of hydrogen-bond donors (Lipinski definition) is 2. The van der Waals surface area contributed by atoms with Crippen molar-refractivity contribution in [2.75, 3.05) is 27.4 Å². The van der Waals surface area contributed by atoms with Gasteiger partial charge in [0, 0.05) is 6.54 Å². The molecule has 1 aromatic rings. The fourth-order valence-electron chi connectivity index (χ4n) is 1.90. The van der Waals surface area contributed by atoms with E-state index in [2.05, 4.69) is 0 Å². The molecule has 0 heterocycles. The van der Waals surface area contributed by atoms with Crippen molar-refractivity contribution in [3.63, 3.8) is 0 Å². The molecular weight excluding hydrogens is 315 g/mol. The average molecular weight is 333 g/mol. The molecule has 0 saturated heterocycles. The number of carbonyl (C=O) groups excluding carboxylic acids is 1. The number of ether oxygens (including phenoxy) is 2. The van der Waals surface area contributed by atoms with Crippen LogP contribution in [0.2, 0.25) is 0 Å². The van der Waals surface area contributed by atoms with Gasteiger partial charge >= 0.3 is 12.1 Å². The maximum absolute atomic E-state index is 12.2.